The summed E-state index contributed by atoms with van der Waals surface area (Å²) in [6.45, 7) is 0.739. The van der Waals surface area contributed by atoms with Crippen LogP contribution in [0.2, 0.25) is 5.02 Å². The Morgan fingerprint density at radius 2 is 1.88 bits per heavy atom. The lowest BCUT2D eigenvalue weighted by atomic mass is 10.1. The van der Waals surface area contributed by atoms with Crippen LogP contribution in [0.5, 0.6) is 0 Å². The number of halogens is 1. The molecule has 24 heavy (non-hydrogen) atoms. The highest BCUT2D eigenvalue weighted by atomic mass is 35.5. The van der Waals surface area contributed by atoms with Gasteiger partial charge in [0.1, 0.15) is 0 Å². The molecule has 1 heterocycles. The molecule has 3 aromatic rings. The van der Waals surface area contributed by atoms with Gasteiger partial charge in [-0.3, -0.25) is 10.1 Å². The van der Waals surface area contributed by atoms with E-state index < -0.39 is 4.92 Å². The summed E-state index contributed by atoms with van der Waals surface area (Å²) in [5.41, 5.74) is 1.23. The van der Waals surface area contributed by atoms with Crippen molar-refractivity contribution in [3.63, 3.8) is 0 Å². The van der Waals surface area contributed by atoms with Crippen LogP contribution >= 0.6 is 23.4 Å². The molecule has 2 aromatic carbocycles. The molecule has 3 rings (SSSR count). The van der Waals surface area contributed by atoms with E-state index in [9.17, 15) is 10.1 Å². The fourth-order valence-corrected chi connectivity index (χ4v) is 3.57. The predicted octanol–water partition coefficient (Wildman–Crippen LogP) is 4.98. The molecule has 0 aliphatic carbocycles. The summed E-state index contributed by atoms with van der Waals surface area (Å²) in [4.78, 5) is 15.4. The van der Waals surface area contributed by atoms with Crippen molar-refractivity contribution >= 4 is 29.1 Å². The third-order valence-corrected chi connectivity index (χ3v) is 5.01. The Morgan fingerprint density at radius 1 is 1.17 bits per heavy atom. The molecular formula is C17H14ClN3O2S. The number of nitro benzene ring substituents is 1. The maximum Gasteiger partial charge on any atom is 0.269 e. The Labute approximate surface area is 148 Å². The van der Waals surface area contributed by atoms with Crippen LogP contribution in [0.3, 0.4) is 0 Å². The van der Waals surface area contributed by atoms with E-state index in [1.807, 2.05) is 35.0 Å². The van der Waals surface area contributed by atoms with Crippen molar-refractivity contribution in [2.75, 3.05) is 0 Å². The third kappa shape index (κ3) is 4.15. The molecule has 0 saturated heterocycles. The standard InChI is InChI=1S/C17H14ClN3O2S/c18-14-3-1-13(2-4-14)17(11-20-10-9-19-12-20)24-16-7-5-15(6-8-16)21(22)23/h1-10,12,17H,11H2. The van der Waals surface area contributed by atoms with Crippen molar-refractivity contribution in [3.05, 3.63) is 88.0 Å². The lowest BCUT2D eigenvalue weighted by Gasteiger charge is -2.18. The Kier molecular flexibility index (Phi) is 5.17. The summed E-state index contributed by atoms with van der Waals surface area (Å²) in [5, 5.41) is 11.6. The molecule has 0 amide bonds. The number of imidazole rings is 1. The predicted molar refractivity (Wildman–Crippen MR) is 95.4 cm³/mol. The van der Waals surface area contributed by atoms with Crippen molar-refractivity contribution in [1.29, 1.82) is 0 Å². The van der Waals surface area contributed by atoms with Crippen molar-refractivity contribution < 1.29 is 4.92 Å². The monoisotopic (exact) mass is 359 g/mol. The summed E-state index contributed by atoms with van der Waals surface area (Å²) in [7, 11) is 0. The molecule has 1 atom stereocenters. The van der Waals surface area contributed by atoms with E-state index in [1.54, 1.807) is 36.4 Å². The van der Waals surface area contributed by atoms with Gasteiger partial charge in [-0.25, -0.2) is 4.98 Å². The number of benzene rings is 2. The van der Waals surface area contributed by atoms with Crippen LogP contribution in [0.15, 0.2) is 72.1 Å². The molecule has 0 spiro atoms. The molecule has 1 unspecified atom stereocenters. The summed E-state index contributed by atoms with van der Waals surface area (Å²) in [6.07, 6.45) is 5.44. The van der Waals surface area contributed by atoms with Crippen LogP contribution in [0, 0.1) is 10.1 Å². The minimum atomic E-state index is -0.392. The van der Waals surface area contributed by atoms with Gasteiger partial charge in [0.15, 0.2) is 0 Å². The van der Waals surface area contributed by atoms with Gasteiger partial charge in [0, 0.05) is 41.0 Å². The van der Waals surface area contributed by atoms with E-state index in [-0.39, 0.29) is 10.9 Å². The van der Waals surface area contributed by atoms with Crippen molar-refractivity contribution in [1.82, 2.24) is 9.55 Å². The number of nitrogens with zero attached hydrogens (tertiary/aromatic N) is 3. The minimum absolute atomic E-state index is 0.0944. The zero-order chi connectivity index (χ0) is 16.9. The van der Waals surface area contributed by atoms with Gasteiger partial charge in [0.2, 0.25) is 0 Å². The average Bonchev–Trinajstić information content (AvgIpc) is 3.08. The van der Waals surface area contributed by atoms with Gasteiger partial charge in [-0.2, -0.15) is 0 Å². The van der Waals surface area contributed by atoms with Crippen molar-refractivity contribution in [2.24, 2.45) is 0 Å². The molecule has 122 valence electrons. The minimum Gasteiger partial charge on any atom is -0.336 e. The van der Waals surface area contributed by atoms with Crippen LogP contribution in [0.25, 0.3) is 0 Å². The summed E-state index contributed by atoms with van der Waals surface area (Å²) in [5.74, 6) is 0. The van der Waals surface area contributed by atoms with Gasteiger partial charge in [-0.15, -0.1) is 11.8 Å². The van der Waals surface area contributed by atoms with Crippen molar-refractivity contribution in [2.45, 2.75) is 16.7 Å². The lowest BCUT2D eigenvalue weighted by molar-refractivity contribution is -0.384. The number of non-ortho nitro benzene ring substituents is 1. The molecular weight excluding hydrogens is 346 g/mol. The smallest absolute Gasteiger partial charge is 0.269 e. The topological polar surface area (TPSA) is 61.0 Å². The zero-order valence-corrected chi connectivity index (χ0v) is 14.2. The van der Waals surface area contributed by atoms with Crippen LogP contribution < -0.4 is 0 Å². The Bertz CT molecular complexity index is 805. The first kappa shape index (κ1) is 16.5. The molecule has 5 nitrogen and oxygen atoms in total. The molecule has 0 aliphatic heterocycles. The Morgan fingerprint density at radius 3 is 2.46 bits per heavy atom. The summed E-state index contributed by atoms with van der Waals surface area (Å²) < 4.78 is 2.01. The highest BCUT2D eigenvalue weighted by molar-refractivity contribution is 7.99. The first-order chi connectivity index (χ1) is 11.6. The second-order valence-electron chi connectivity index (χ2n) is 5.17. The van der Waals surface area contributed by atoms with Crippen LogP contribution in [0.4, 0.5) is 5.69 Å². The highest BCUT2D eigenvalue weighted by Gasteiger charge is 2.15. The van der Waals surface area contributed by atoms with Gasteiger partial charge >= 0.3 is 0 Å². The molecule has 0 bridgehead atoms. The van der Waals surface area contributed by atoms with Crippen LogP contribution in [-0.4, -0.2) is 14.5 Å². The molecule has 0 aliphatic rings. The first-order valence-electron chi connectivity index (χ1n) is 7.24. The first-order valence-corrected chi connectivity index (χ1v) is 8.50. The normalized spacial score (nSPS) is 12.0. The summed E-state index contributed by atoms with van der Waals surface area (Å²) in [6, 6.07) is 14.4. The highest BCUT2D eigenvalue weighted by Crippen LogP contribution is 2.37. The quantitative estimate of drug-likeness (QED) is 0.354. The molecule has 1 aromatic heterocycles. The fourth-order valence-electron chi connectivity index (χ4n) is 2.29. The Balaban J connectivity index is 1.83. The van der Waals surface area contributed by atoms with Gasteiger partial charge in [-0.1, -0.05) is 23.7 Å². The molecule has 0 saturated carbocycles. The molecule has 0 N–H and O–H groups in total. The Hall–Kier alpha value is -2.31. The fraction of sp³-hybridized carbons (Fsp3) is 0.118. The van der Waals surface area contributed by atoms with E-state index in [0.717, 1.165) is 17.0 Å². The number of hydrogen-bond donors (Lipinski definition) is 0. The van der Waals surface area contributed by atoms with Gasteiger partial charge in [0.05, 0.1) is 16.5 Å². The van der Waals surface area contributed by atoms with E-state index in [0.29, 0.717) is 5.02 Å². The lowest BCUT2D eigenvalue weighted by Crippen LogP contribution is -2.05. The second-order valence-corrected chi connectivity index (χ2v) is 6.88. The van der Waals surface area contributed by atoms with Gasteiger partial charge in [-0.05, 0) is 29.8 Å². The zero-order valence-electron chi connectivity index (χ0n) is 12.6. The van der Waals surface area contributed by atoms with E-state index in [1.165, 1.54) is 12.1 Å². The van der Waals surface area contributed by atoms with Crippen LogP contribution in [0.1, 0.15) is 10.8 Å². The van der Waals surface area contributed by atoms with Crippen LogP contribution in [-0.2, 0) is 6.54 Å². The summed E-state index contributed by atoms with van der Waals surface area (Å²) >= 11 is 7.63. The third-order valence-electron chi connectivity index (χ3n) is 3.50. The van der Waals surface area contributed by atoms with Gasteiger partial charge < -0.3 is 4.57 Å². The van der Waals surface area contributed by atoms with Crippen molar-refractivity contribution in [3.8, 4) is 0 Å². The SMILES string of the molecule is O=[N+]([O-])c1ccc(SC(Cn2ccnc2)c2ccc(Cl)cc2)cc1. The second kappa shape index (κ2) is 7.51. The molecule has 7 heteroatoms. The van der Waals surface area contributed by atoms with Gasteiger partial charge in [0.25, 0.3) is 5.69 Å². The number of aromatic nitrogens is 2. The van der Waals surface area contributed by atoms with E-state index in [2.05, 4.69) is 4.98 Å². The molecule has 0 fully saturated rings. The maximum atomic E-state index is 10.8. The van der Waals surface area contributed by atoms with E-state index >= 15 is 0 Å². The maximum absolute atomic E-state index is 10.8. The number of thioether (sulfide) groups is 1. The number of rotatable bonds is 6. The average molecular weight is 360 g/mol. The van der Waals surface area contributed by atoms with E-state index in [4.69, 9.17) is 11.6 Å². The number of nitro groups is 1. The number of hydrogen-bond acceptors (Lipinski definition) is 4. The largest absolute Gasteiger partial charge is 0.336 e. The molecule has 0 radical (unpaired) electrons.